The van der Waals surface area contributed by atoms with E-state index in [0.29, 0.717) is 6.04 Å². The highest BCUT2D eigenvalue weighted by molar-refractivity contribution is 5.34. The minimum Gasteiger partial charge on any atom is -0.328 e. The third kappa shape index (κ3) is 2.88. The molecule has 0 amide bonds. The predicted molar refractivity (Wildman–Crippen MR) is 78.3 cm³/mol. The number of nitrogens with zero attached hydrogens (tertiary/aromatic N) is 2. The summed E-state index contributed by atoms with van der Waals surface area (Å²) in [6.45, 7) is 3.23. The molecule has 1 aliphatic rings. The van der Waals surface area contributed by atoms with E-state index in [0.717, 1.165) is 32.5 Å². The van der Waals surface area contributed by atoms with E-state index in [1.807, 2.05) is 0 Å². The van der Waals surface area contributed by atoms with Crippen molar-refractivity contribution in [2.75, 3.05) is 13.1 Å². The van der Waals surface area contributed by atoms with Gasteiger partial charge < -0.3 is 10.3 Å². The molecule has 3 rings (SSSR count). The summed E-state index contributed by atoms with van der Waals surface area (Å²) in [7, 11) is 0. The van der Waals surface area contributed by atoms with Gasteiger partial charge in [-0.3, -0.25) is 4.90 Å². The highest BCUT2D eigenvalue weighted by Crippen LogP contribution is 2.16. The van der Waals surface area contributed by atoms with Crippen molar-refractivity contribution < 1.29 is 0 Å². The van der Waals surface area contributed by atoms with Crippen LogP contribution in [0.25, 0.3) is 5.69 Å². The van der Waals surface area contributed by atoms with Gasteiger partial charge in [-0.05, 0) is 37.1 Å². The number of nitrogens with two attached hydrogens (primary N) is 1. The lowest BCUT2D eigenvalue weighted by Gasteiger charge is -2.30. The van der Waals surface area contributed by atoms with Crippen LogP contribution in [-0.4, -0.2) is 28.6 Å². The van der Waals surface area contributed by atoms with Crippen LogP contribution in [0.1, 0.15) is 18.5 Å². The average Bonchev–Trinajstić information content (AvgIpc) is 2.90. The Balaban J connectivity index is 1.74. The fraction of sp³-hybridized carbons (Fsp3) is 0.375. The molecular formula is C16H21N3. The molecule has 2 aromatic rings. The minimum atomic E-state index is 0.400. The fourth-order valence-electron chi connectivity index (χ4n) is 2.73. The van der Waals surface area contributed by atoms with Crippen molar-refractivity contribution in [3.63, 3.8) is 0 Å². The molecule has 0 bridgehead atoms. The van der Waals surface area contributed by atoms with Gasteiger partial charge in [0.25, 0.3) is 0 Å². The molecule has 0 atom stereocenters. The van der Waals surface area contributed by atoms with E-state index >= 15 is 0 Å². The maximum atomic E-state index is 5.96. The first-order valence-corrected chi connectivity index (χ1v) is 7.02. The van der Waals surface area contributed by atoms with Crippen LogP contribution in [0.15, 0.2) is 48.7 Å². The lowest BCUT2D eigenvalue weighted by molar-refractivity contribution is 0.202. The van der Waals surface area contributed by atoms with Crippen molar-refractivity contribution in [1.29, 1.82) is 0 Å². The fourth-order valence-corrected chi connectivity index (χ4v) is 2.73. The maximum absolute atomic E-state index is 5.96. The van der Waals surface area contributed by atoms with Crippen LogP contribution in [0.2, 0.25) is 0 Å². The lowest BCUT2D eigenvalue weighted by atomic mass is 10.1. The zero-order chi connectivity index (χ0) is 13.1. The summed E-state index contributed by atoms with van der Waals surface area (Å²) < 4.78 is 2.27. The summed E-state index contributed by atoms with van der Waals surface area (Å²) in [6, 6.07) is 15.2. The molecule has 19 heavy (non-hydrogen) atoms. The molecule has 2 N–H and O–H groups in total. The van der Waals surface area contributed by atoms with Crippen LogP contribution in [0, 0.1) is 0 Å². The highest BCUT2D eigenvalue weighted by atomic mass is 15.2. The molecule has 0 radical (unpaired) electrons. The Kier molecular flexibility index (Phi) is 3.67. The molecule has 3 nitrogen and oxygen atoms in total. The summed E-state index contributed by atoms with van der Waals surface area (Å²) in [5.41, 5.74) is 8.54. The molecular weight excluding hydrogens is 234 g/mol. The third-order valence-corrected chi connectivity index (χ3v) is 3.89. The summed E-state index contributed by atoms with van der Waals surface area (Å²) in [4.78, 5) is 2.50. The molecule has 1 aromatic heterocycles. The molecule has 0 unspecified atom stereocenters. The molecule has 1 aliphatic heterocycles. The predicted octanol–water partition coefficient (Wildman–Crippen LogP) is 2.40. The number of hydrogen-bond acceptors (Lipinski definition) is 2. The van der Waals surface area contributed by atoms with Gasteiger partial charge in [0.1, 0.15) is 0 Å². The van der Waals surface area contributed by atoms with Crippen LogP contribution < -0.4 is 5.73 Å². The van der Waals surface area contributed by atoms with E-state index in [9.17, 15) is 0 Å². The number of rotatable bonds is 3. The molecule has 0 aliphatic carbocycles. The molecule has 1 saturated heterocycles. The number of hydrogen-bond donors (Lipinski definition) is 1. The molecule has 0 saturated carbocycles. The number of piperidine rings is 1. The van der Waals surface area contributed by atoms with Gasteiger partial charge in [-0.25, -0.2) is 0 Å². The third-order valence-electron chi connectivity index (χ3n) is 3.89. The summed E-state index contributed by atoms with van der Waals surface area (Å²) >= 11 is 0. The maximum Gasteiger partial charge on any atom is 0.0452 e. The van der Waals surface area contributed by atoms with Crippen LogP contribution in [0.5, 0.6) is 0 Å². The second-order valence-corrected chi connectivity index (χ2v) is 5.32. The monoisotopic (exact) mass is 255 g/mol. The quantitative estimate of drug-likeness (QED) is 0.914. The Morgan fingerprint density at radius 1 is 1.00 bits per heavy atom. The van der Waals surface area contributed by atoms with Crippen LogP contribution in [0.4, 0.5) is 0 Å². The summed E-state index contributed by atoms with van der Waals surface area (Å²) in [5, 5.41) is 0. The van der Waals surface area contributed by atoms with Gasteiger partial charge in [-0.1, -0.05) is 18.2 Å². The Morgan fingerprint density at radius 2 is 1.74 bits per heavy atom. The van der Waals surface area contributed by atoms with E-state index in [4.69, 9.17) is 5.73 Å². The van der Waals surface area contributed by atoms with Crippen LogP contribution >= 0.6 is 0 Å². The number of likely N-dealkylation sites (tertiary alicyclic amines) is 1. The SMILES string of the molecule is NC1CCN(Cc2cccn2-c2ccccc2)CC1. The Bertz CT molecular complexity index is 510. The van der Waals surface area contributed by atoms with Gasteiger partial charge in [0, 0.05) is 43.3 Å². The highest BCUT2D eigenvalue weighted by Gasteiger charge is 2.17. The van der Waals surface area contributed by atoms with Crippen molar-refractivity contribution in [2.24, 2.45) is 5.73 Å². The number of para-hydroxylation sites is 1. The summed E-state index contributed by atoms with van der Waals surface area (Å²) in [5.74, 6) is 0. The second-order valence-electron chi connectivity index (χ2n) is 5.32. The molecule has 3 heteroatoms. The van der Waals surface area contributed by atoms with E-state index < -0.39 is 0 Å². The number of aromatic nitrogens is 1. The van der Waals surface area contributed by atoms with Gasteiger partial charge in [0.05, 0.1) is 0 Å². The zero-order valence-corrected chi connectivity index (χ0v) is 11.2. The van der Waals surface area contributed by atoms with Gasteiger partial charge in [0.2, 0.25) is 0 Å². The minimum absolute atomic E-state index is 0.400. The molecule has 100 valence electrons. The van der Waals surface area contributed by atoms with Gasteiger partial charge >= 0.3 is 0 Å². The van der Waals surface area contributed by atoms with Crippen molar-refractivity contribution in [3.8, 4) is 5.69 Å². The van der Waals surface area contributed by atoms with Gasteiger partial charge in [-0.15, -0.1) is 0 Å². The first-order chi connectivity index (χ1) is 9.33. The van der Waals surface area contributed by atoms with E-state index in [2.05, 4.69) is 58.1 Å². The average molecular weight is 255 g/mol. The number of benzene rings is 1. The topological polar surface area (TPSA) is 34.2 Å². The second kappa shape index (κ2) is 5.59. The largest absolute Gasteiger partial charge is 0.328 e. The molecule has 1 fully saturated rings. The zero-order valence-electron chi connectivity index (χ0n) is 11.2. The smallest absolute Gasteiger partial charge is 0.0452 e. The van der Waals surface area contributed by atoms with Crippen molar-refractivity contribution in [1.82, 2.24) is 9.47 Å². The molecule has 2 heterocycles. The normalized spacial score (nSPS) is 17.7. The molecule has 1 aromatic carbocycles. The van der Waals surface area contributed by atoms with Crippen molar-refractivity contribution >= 4 is 0 Å². The van der Waals surface area contributed by atoms with Crippen molar-refractivity contribution in [3.05, 3.63) is 54.4 Å². The Labute approximate surface area is 114 Å². The lowest BCUT2D eigenvalue weighted by Crippen LogP contribution is -2.39. The van der Waals surface area contributed by atoms with Crippen LogP contribution in [-0.2, 0) is 6.54 Å². The van der Waals surface area contributed by atoms with E-state index in [1.165, 1.54) is 11.4 Å². The van der Waals surface area contributed by atoms with Crippen LogP contribution in [0.3, 0.4) is 0 Å². The van der Waals surface area contributed by atoms with E-state index in [-0.39, 0.29) is 0 Å². The Morgan fingerprint density at radius 3 is 2.47 bits per heavy atom. The first-order valence-electron chi connectivity index (χ1n) is 7.02. The standard InChI is InChI=1S/C16H21N3/c17-14-8-11-18(12-9-14)13-16-7-4-10-19(16)15-5-2-1-3-6-15/h1-7,10,14H,8-9,11-13,17H2. The first kappa shape index (κ1) is 12.5. The summed E-state index contributed by atoms with van der Waals surface area (Å²) in [6.07, 6.45) is 4.37. The van der Waals surface area contributed by atoms with Gasteiger partial charge in [0.15, 0.2) is 0 Å². The Hall–Kier alpha value is -1.58. The van der Waals surface area contributed by atoms with E-state index in [1.54, 1.807) is 0 Å². The van der Waals surface area contributed by atoms with Crippen molar-refractivity contribution in [2.45, 2.75) is 25.4 Å². The molecule has 0 spiro atoms. The van der Waals surface area contributed by atoms with Gasteiger partial charge in [-0.2, -0.15) is 0 Å².